The van der Waals surface area contributed by atoms with E-state index in [0.29, 0.717) is 6.61 Å². The molecule has 1 aliphatic carbocycles. The summed E-state index contributed by atoms with van der Waals surface area (Å²) in [6.45, 7) is 1.49. The van der Waals surface area contributed by atoms with Crippen molar-refractivity contribution in [3.8, 4) is 0 Å². The van der Waals surface area contributed by atoms with Crippen molar-refractivity contribution in [2.24, 2.45) is 5.92 Å². The van der Waals surface area contributed by atoms with Gasteiger partial charge >= 0.3 is 5.97 Å². The SMILES string of the molecule is COCCCn1nccc1C1CCCCC1C(=O)O. The quantitative estimate of drug-likeness (QED) is 0.802. The lowest BCUT2D eigenvalue weighted by molar-refractivity contribution is -0.143. The van der Waals surface area contributed by atoms with Gasteiger partial charge in [-0.05, 0) is 25.3 Å². The van der Waals surface area contributed by atoms with Crippen LogP contribution in [0.25, 0.3) is 0 Å². The molecule has 2 unspecified atom stereocenters. The Morgan fingerprint density at radius 3 is 3.05 bits per heavy atom. The summed E-state index contributed by atoms with van der Waals surface area (Å²) in [4.78, 5) is 11.4. The number of ether oxygens (including phenoxy) is 1. The third-order valence-electron chi connectivity index (χ3n) is 3.93. The molecule has 0 radical (unpaired) electrons. The van der Waals surface area contributed by atoms with E-state index in [0.717, 1.165) is 44.3 Å². The first kappa shape index (κ1) is 14.1. The van der Waals surface area contributed by atoms with Crippen LogP contribution < -0.4 is 0 Å². The predicted octanol–water partition coefficient (Wildman–Crippen LogP) is 2.28. The molecule has 0 spiro atoms. The monoisotopic (exact) mass is 266 g/mol. The van der Waals surface area contributed by atoms with Gasteiger partial charge < -0.3 is 9.84 Å². The summed E-state index contributed by atoms with van der Waals surface area (Å²) in [5.74, 6) is -0.822. The Bertz CT molecular complexity index is 417. The van der Waals surface area contributed by atoms with Crippen LogP contribution in [0.5, 0.6) is 0 Å². The van der Waals surface area contributed by atoms with E-state index in [1.54, 1.807) is 13.3 Å². The molecular weight excluding hydrogens is 244 g/mol. The van der Waals surface area contributed by atoms with Crippen molar-refractivity contribution in [2.75, 3.05) is 13.7 Å². The van der Waals surface area contributed by atoms with Crippen LogP contribution in [0, 0.1) is 5.92 Å². The second-order valence-corrected chi connectivity index (χ2v) is 5.16. The van der Waals surface area contributed by atoms with Crippen LogP contribution in [0.1, 0.15) is 43.7 Å². The molecule has 5 heteroatoms. The largest absolute Gasteiger partial charge is 0.481 e. The minimum Gasteiger partial charge on any atom is -0.481 e. The van der Waals surface area contributed by atoms with Crippen LogP contribution in [0.15, 0.2) is 12.3 Å². The zero-order valence-electron chi connectivity index (χ0n) is 11.4. The van der Waals surface area contributed by atoms with Crippen LogP contribution >= 0.6 is 0 Å². The Balaban J connectivity index is 2.10. The van der Waals surface area contributed by atoms with Gasteiger partial charge in [-0.2, -0.15) is 5.10 Å². The molecule has 1 saturated carbocycles. The molecule has 1 fully saturated rings. The number of hydrogen-bond donors (Lipinski definition) is 1. The van der Waals surface area contributed by atoms with Crippen LogP contribution in [0.4, 0.5) is 0 Å². The van der Waals surface area contributed by atoms with Gasteiger partial charge in [-0.15, -0.1) is 0 Å². The van der Waals surface area contributed by atoms with Crippen molar-refractivity contribution in [1.29, 1.82) is 0 Å². The first-order valence-electron chi connectivity index (χ1n) is 6.97. The van der Waals surface area contributed by atoms with Gasteiger partial charge in [0, 0.05) is 38.1 Å². The fraction of sp³-hybridized carbons (Fsp3) is 0.714. The standard InChI is InChI=1S/C14H22N2O3/c1-19-10-4-9-16-13(7-8-15-16)11-5-2-3-6-12(11)14(17)18/h7-8,11-12H,2-6,9-10H2,1H3,(H,17,18). The summed E-state index contributed by atoms with van der Waals surface area (Å²) >= 11 is 0. The molecule has 0 bridgehead atoms. The highest BCUT2D eigenvalue weighted by Gasteiger charge is 2.33. The number of rotatable bonds is 6. The first-order valence-corrected chi connectivity index (χ1v) is 6.97. The highest BCUT2D eigenvalue weighted by atomic mass is 16.5. The molecular formula is C14H22N2O3. The molecule has 1 aliphatic rings. The topological polar surface area (TPSA) is 64.4 Å². The number of aliphatic carboxylic acids is 1. The van der Waals surface area contributed by atoms with Crippen LogP contribution in [0.3, 0.4) is 0 Å². The smallest absolute Gasteiger partial charge is 0.307 e. The summed E-state index contributed by atoms with van der Waals surface area (Å²) in [7, 11) is 1.69. The van der Waals surface area contributed by atoms with Crippen molar-refractivity contribution in [2.45, 2.75) is 44.6 Å². The van der Waals surface area contributed by atoms with E-state index in [4.69, 9.17) is 4.74 Å². The van der Waals surface area contributed by atoms with E-state index in [2.05, 4.69) is 5.10 Å². The molecule has 2 rings (SSSR count). The number of nitrogens with zero attached hydrogens (tertiary/aromatic N) is 2. The number of methoxy groups -OCH3 is 1. The van der Waals surface area contributed by atoms with Crippen LogP contribution in [0.2, 0.25) is 0 Å². The minimum atomic E-state index is -0.672. The maximum absolute atomic E-state index is 11.4. The predicted molar refractivity (Wildman–Crippen MR) is 71.1 cm³/mol. The Kier molecular flexibility index (Phi) is 4.96. The van der Waals surface area contributed by atoms with Gasteiger partial charge in [0.15, 0.2) is 0 Å². The molecule has 5 nitrogen and oxygen atoms in total. The summed E-state index contributed by atoms with van der Waals surface area (Å²) < 4.78 is 7.00. The van der Waals surface area contributed by atoms with E-state index >= 15 is 0 Å². The average molecular weight is 266 g/mol. The van der Waals surface area contributed by atoms with Gasteiger partial charge in [0.05, 0.1) is 5.92 Å². The zero-order valence-corrected chi connectivity index (χ0v) is 11.4. The van der Waals surface area contributed by atoms with Gasteiger partial charge in [0.25, 0.3) is 0 Å². The highest BCUT2D eigenvalue weighted by molar-refractivity contribution is 5.71. The normalized spacial score (nSPS) is 23.4. The molecule has 2 atom stereocenters. The molecule has 106 valence electrons. The van der Waals surface area contributed by atoms with Crippen molar-refractivity contribution in [3.63, 3.8) is 0 Å². The summed E-state index contributed by atoms with van der Waals surface area (Å²) in [6, 6.07) is 1.97. The third kappa shape index (κ3) is 3.35. The lowest BCUT2D eigenvalue weighted by Crippen LogP contribution is -2.27. The van der Waals surface area contributed by atoms with E-state index < -0.39 is 5.97 Å². The molecule has 0 amide bonds. The number of carbonyl (C=O) groups is 1. The maximum Gasteiger partial charge on any atom is 0.307 e. The molecule has 1 heterocycles. The Morgan fingerprint density at radius 1 is 1.53 bits per heavy atom. The second kappa shape index (κ2) is 6.70. The van der Waals surface area contributed by atoms with E-state index in [1.165, 1.54) is 0 Å². The fourth-order valence-corrected chi connectivity index (χ4v) is 2.98. The molecule has 0 aromatic carbocycles. The molecule has 1 aromatic rings. The average Bonchev–Trinajstić information content (AvgIpc) is 2.87. The van der Waals surface area contributed by atoms with Crippen molar-refractivity contribution in [1.82, 2.24) is 9.78 Å². The number of carboxylic acids is 1. The number of aryl methyl sites for hydroxylation is 1. The number of hydrogen-bond acceptors (Lipinski definition) is 3. The van der Waals surface area contributed by atoms with Crippen molar-refractivity contribution in [3.05, 3.63) is 18.0 Å². The Morgan fingerprint density at radius 2 is 2.32 bits per heavy atom. The van der Waals surface area contributed by atoms with Crippen LogP contribution in [-0.4, -0.2) is 34.6 Å². The van der Waals surface area contributed by atoms with Gasteiger partial charge in [-0.1, -0.05) is 12.8 Å². The third-order valence-corrected chi connectivity index (χ3v) is 3.93. The highest BCUT2D eigenvalue weighted by Crippen LogP contribution is 2.37. The van der Waals surface area contributed by atoms with E-state index in [1.807, 2.05) is 10.7 Å². The zero-order chi connectivity index (χ0) is 13.7. The Hall–Kier alpha value is -1.36. The van der Waals surface area contributed by atoms with Crippen LogP contribution in [-0.2, 0) is 16.1 Å². The first-order chi connectivity index (χ1) is 9.24. The van der Waals surface area contributed by atoms with Gasteiger partial charge in [-0.25, -0.2) is 0 Å². The van der Waals surface area contributed by atoms with E-state index in [9.17, 15) is 9.90 Å². The van der Waals surface area contributed by atoms with Gasteiger partial charge in [0.1, 0.15) is 0 Å². The summed E-state index contributed by atoms with van der Waals surface area (Å²) in [5, 5.41) is 13.7. The maximum atomic E-state index is 11.4. The molecule has 1 N–H and O–H groups in total. The summed E-state index contributed by atoms with van der Waals surface area (Å²) in [5.41, 5.74) is 1.07. The fourth-order valence-electron chi connectivity index (χ4n) is 2.98. The number of aromatic nitrogens is 2. The minimum absolute atomic E-state index is 0.108. The molecule has 1 aromatic heterocycles. The van der Waals surface area contributed by atoms with E-state index in [-0.39, 0.29) is 11.8 Å². The van der Waals surface area contributed by atoms with Gasteiger partial charge in [-0.3, -0.25) is 9.48 Å². The Labute approximate surface area is 113 Å². The summed E-state index contributed by atoms with van der Waals surface area (Å²) in [6.07, 6.45) is 6.53. The number of carboxylic acid groups (broad SMARTS) is 1. The molecule has 19 heavy (non-hydrogen) atoms. The lowest BCUT2D eigenvalue weighted by atomic mass is 9.77. The van der Waals surface area contributed by atoms with Crippen molar-refractivity contribution < 1.29 is 14.6 Å². The second-order valence-electron chi connectivity index (χ2n) is 5.16. The van der Waals surface area contributed by atoms with Gasteiger partial charge in [0.2, 0.25) is 0 Å². The lowest BCUT2D eigenvalue weighted by Gasteiger charge is -2.29. The molecule has 0 saturated heterocycles. The molecule has 0 aliphatic heterocycles. The van der Waals surface area contributed by atoms with Crippen molar-refractivity contribution >= 4 is 5.97 Å².